The Morgan fingerprint density at radius 2 is 1.56 bits per heavy atom. The minimum absolute atomic E-state index is 0.0616. The molecule has 18 heavy (non-hydrogen) atoms. The summed E-state index contributed by atoms with van der Waals surface area (Å²) in [5.74, 6) is -0.0925. The third kappa shape index (κ3) is 20.4. The van der Waals surface area contributed by atoms with E-state index in [1.165, 1.54) is 0 Å². The molecular formula is C14H28O4. The zero-order valence-corrected chi connectivity index (χ0v) is 12.4. The molecule has 4 nitrogen and oxygen atoms in total. The van der Waals surface area contributed by atoms with E-state index < -0.39 is 5.97 Å². The van der Waals surface area contributed by atoms with Gasteiger partial charge in [-0.1, -0.05) is 41.0 Å². The monoisotopic (exact) mass is 260 g/mol. The second-order valence-electron chi connectivity index (χ2n) is 5.16. The van der Waals surface area contributed by atoms with Crippen LogP contribution >= 0.6 is 0 Å². The first-order chi connectivity index (χ1) is 8.29. The number of aliphatic carboxylic acids is 1. The summed E-state index contributed by atoms with van der Waals surface area (Å²) >= 11 is 0. The predicted octanol–water partition coefficient (Wildman–Crippen LogP) is 3.49. The van der Waals surface area contributed by atoms with Crippen LogP contribution < -0.4 is 0 Å². The van der Waals surface area contributed by atoms with Gasteiger partial charge in [-0.3, -0.25) is 9.59 Å². The summed E-state index contributed by atoms with van der Waals surface area (Å²) in [5.41, 5.74) is 0. The Balaban J connectivity index is 0. The van der Waals surface area contributed by atoms with Crippen molar-refractivity contribution in [3.63, 3.8) is 0 Å². The van der Waals surface area contributed by atoms with Crippen LogP contribution in [-0.2, 0) is 14.3 Å². The summed E-state index contributed by atoms with van der Waals surface area (Å²) in [5, 5.41) is 8.08. The number of carboxylic acids is 1. The van der Waals surface area contributed by atoms with Crippen molar-refractivity contribution >= 4 is 11.9 Å². The Bertz CT molecular complexity index is 222. The zero-order chi connectivity index (χ0) is 14.6. The summed E-state index contributed by atoms with van der Waals surface area (Å²) in [7, 11) is 0. The number of ether oxygens (including phenoxy) is 1. The Morgan fingerprint density at radius 3 is 1.83 bits per heavy atom. The summed E-state index contributed by atoms with van der Waals surface area (Å²) in [6, 6.07) is 0. The molecule has 0 aliphatic heterocycles. The molecule has 0 aromatic heterocycles. The van der Waals surface area contributed by atoms with Crippen LogP contribution in [0.25, 0.3) is 0 Å². The van der Waals surface area contributed by atoms with E-state index in [1.54, 1.807) is 0 Å². The van der Waals surface area contributed by atoms with Crippen molar-refractivity contribution < 1.29 is 19.4 Å². The number of carboxylic acid groups (broad SMARTS) is 1. The molecule has 0 aromatic rings. The Labute approximate surface area is 111 Å². The summed E-state index contributed by atoms with van der Waals surface area (Å²) in [6.07, 6.45) is 2.88. The molecule has 108 valence electrons. The summed E-state index contributed by atoms with van der Waals surface area (Å²) in [4.78, 5) is 20.7. The van der Waals surface area contributed by atoms with Crippen LogP contribution in [0.15, 0.2) is 0 Å². The Kier molecular flexibility index (Phi) is 13.3. The summed E-state index contributed by atoms with van der Waals surface area (Å²) in [6.45, 7) is 10.5. The molecule has 0 atom stereocenters. The minimum atomic E-state index is -0.713. The van der Waals surface area contributed by atoms with Crippen LogP contribution in [0.3, 0.4) is 0 Å². The molecule has 1 N–H and O–H groups in total. The number of carbonyl (C=O) groups excluding carboxylic acids is 1. The van der Waals surface area contributed by atoms with Gasteiger partial charge in [0.15, 0.2) is 0 Å². The van der Waals surface area contributed by atoms with E-state index in [-0.39, 0.29) is 18.3 Å². The number of rotatable bonds is 7. The molecule has 0 bridgehead atoms. The molecule has 0 fully saturated rings. The third-order valence-corrected chi connectivity index (χ3v) is 1.92. The van der Waals surface area contributed by atoms with Gasteiger partial charge in [-0.2, -0.15) is 0 Å². The van der Waals surface area contributed by atoms with E-state index in [0.717, 1.165) is 12.8 Å². The van der Waals surface area contributed by atoms with E-state index in [4.69, 9.17) is 9.84 Å². The summed E-state index contributed by atoms with van der Waals surface area (Å²) < 4.78 is 4.95. The van der Waals surface area contributed by atoms with Crippen molar-refractivity contribution in [3.05, 3.63) is 0 Å². The maximum absolute atomic E-state index is 10.9. The maximum Gasteiger partial charge on any atom is 0.306 e. The van der Waals surface area contributed by atoms with E-state index >= 15 is 0 Å². The van der Waals surface area contributed by atoms with Crippen LogP contribution in [0.2, 0.25) is 0 Å². The number of hydrogen-bond acceptors (Lipinski definition) is 3. The van der Waals surface area contributed by atoms with Crippen LogP contribution in [0.5, 0.6) is 0 Å². The first kappa shape index (κ1) is 19.3. The molecule has 0 aromatic carbocycles. The van der Waals surface area contributed by atoms with Crippen molar-refractivity contribution in [2.24, 2.45) is 11.8 Å². The van der Waals surface area contributed by atoms with Gasteiger partial charge >= 0.3 is 11.9 Å². The van der Waals surface area contributed by atoms with Crippen molar-refractivity contribution in [2.45, 2.75) is 60.3 Å². The maximum atomic E-state index is 10.9. The lowest BCUT2D eigenvalue weighted by Crippen LogP contribution is -2.08. The lowest BCUT2D eigenvalue weighted by Gasteiger charge is -2.04. The van der Waals surface area contributed by atoms with Gasteiger partial charge in [0.1, 0.15) is 0 Å². The molecule has 0 rings (SSSR count). The molecule has 0 radical (unpaired) electrons. The van der Waals surface area contributed by atoms with Gasteiger partial charge in [0.05, 0.1) is 6.61 Å². The van der Waals surface area contributed by atoms with Crippen molar-refractivity contribution in [1.29, 1.82) is 0 Å². The Hall–Kier alpha value is -1.06. The quantitative estimate of drug-likeness (QED) is 0.562. The zero-order valence-electron chi connectivity index (χ0n) is 12.4. The van der Waals surface area contributed by atoms with Gasteiger partial charge in [-0.15, -0.1) is 0 Å². The highest BCUT2D eigenvalue weighted by molar-refractivity contribution is 5.69. The average Bonchev–Trinajstić information content (AvgIpc) is 2.15. The number of esters is 1. The smallest absolute Gasteiger partial charge is 0.306 e. The van der Waals surface area contributed by atoms with Crippen molar-refractivity contribution in [2.75, 3.05) is 6.61 Å². The van der Waals surface area contributed by atoms with Gasteiger partial charge in [0, 0.05) is 12.8 Å². The molecule has 0 unspecified atom stereocenters. The largest absolute Gasteiger partial charge is 0.481 e. The highest BCUT2D eigenvalue weighted by Crippen LogP contribution is 2.01. The first-order valence-corrected chi connectivity index (χ1v) is 6.66. The first-order valence-electron chi connectivity index (χ1n) is 6.66. The molecule has 0 aliphatic carbocycles. The second kappa shape index (κ2) is 12.4. The van der Waals surface area contributed by atoms with Crippen molar-refractivity contribution in [1.82, 2.24) is 0 Å². The molecule has 0 saturated heterocycles. The fourth-order valence-corrected chi connectivity index (χ4v) is 1.07. The molecular weight excluding hydrogens is 232 g/mol. The molecule has 0 aliphatic rings. The van der Waals surface area contributed by atoms with E-state index in [1.807, 2.05) is 27.7 Å². The molecule has 0 amide bonds. The predicted molar refractivity (Wildman–Crippen MR) is 72.4 cm³/mol. The number of hydrogen-bond donors (Lipinski definition) is 1. The standard InChI is InChI=1S/C9H18O2.C5H10O2/c1-4-5-6-11-9(10)7-8(2)3;1-4(2)3-5(6)7/h8H,4-7H2,1-3H3;4H,3H2,1-2H3,(H,6,7). The SMILES string of the molecule is CC(C)CC(=O)O.CCCCOC(=O)CC(C)C. The van der Waals surface area contributed by atoms with Gasteiger partial charge in [0.2, 0.25) is 0 Å². The van der Waals surface area contributed by atoms with Gasteiger partial charge in [-0.25, -0.2) is 0 Å². The van der Waals surface area contributed by atoms with Crippen LogP contribution in [0.4, 0.5) is 0 Å². The molecule has 4 heteroatoms. The van der Waals surface area contributed by atoms with Gasteiger partial charge in [0.25, 0.3) is 0 Å². The van der Waals surface area contributed by atoms with E-state index in [2.05, 4.69) is 6.92 Å². The molecule has 0 heterocycles. The van der Waals surface area contributed by atoms with E-state index in [0.29, 0.717) is 18.9 Å². The van der Waals surface area contributed by atoms with Crippen LogP contribution in [0, 0.1) is 11.8 Å². The van der Waals surface area contributed by atoms with Crippen LogP contribution in [-0.4, -0.2) is 23.7 Å². The lowest BCUT2D eigenvalue weighted by molar-refractivity contribution is -0.144. The lowest BCUT2D eigenvalue weighted by atomic mass is 10.1. The van der Waals surface area contributed by atoms with Gasteiger partial charge in [-0.05, 0) is 18.3 Å². The fourth-order valence-electron chi connectivity index (χ4n) is 1.07. The number of carbonyl (C=O) groups is 2. The fraction of sp³-hybridized carbons (Fsp3) is 0.857. The highest BCUT2D eigenvalue weighted by Gasteiger charge is 2.04. The normalized spacial score (nSPS) is 9.94. The minimum Gasteiger partial charge on any atom is -0.481 e. The van der Waals surface area contributed by atoms with Crippen LogP contribution in [0.1, 0.15) is 60.3 Å². The number of unbranched alkanes of at least 4 members (excludes halogenated alkanes) is 1. The van der Waals surface area contributed by atoms with Crippen molar-refractivity contribution in [3.8, 4) is 0 Å². The molecule has 0 saturated carbocycles. The third-order valence-electron chi connectivity index (χ3n) is 1.92. The molecule has 0 spiro atoms. The van der Waals surface area contributed by atoms with E-state index in [9.17, 15) is 9.59 Å². The average molecular weight is 260 g/mol. The highest BCUT2D eigenvalue weighted by atomic mass is 16.5. The topological polar surface area (TPSA) is 63.6 Å². The Morgan fingerprint density at radius 1 is 1.06 bits per heavy atom. The second-order valence-corrected chi connectivity index (χ2v) is 5.16. The van der Waals surface area contributed by atoms with Gasteiger partial charge < -0.3 is 9.84 Å².